The molecule has 3 aromatic rings. The Morgan fingerprint density at radius 2 is 1.73 bits per heavy atom. The second kappa shape index (κ2) is 8.20. The van der Waals surface area contributed by atoms with Crippen molar-refractivity contribution in [2.75, 3.05) is 11.1 Å². The van der Waals surface area contributed by atoms with Gasteiger partial charge in [0.05, 0.1) is 16.7 Å². The van der Waals surface area contributed by atoms with Gasteiger partial charge in [-0.05, 0) is 66.9 Å². The molecule has 1 heterocycles. The first-order chi connectivity index (χ1) is 14.4. The predicted octanol–water partition coefficient (Wildman–Crippen LogP) is 4.83. The molecule has 7 heteroatoms. The van der Waals surface area contributed by atoms with E-state index in [4.69, 9.17) is 4.74 Å². The van der Waals surface area contributed by atoms with Gasteiger partial charge in [0.25, 0.3) is 0 Å². The summed E-state index contributed by atoms with van der Waals surface area (Å²) in [5.41, 5.74) is 2.35. The van der Waals surface area contributed by atoms with Crippen molar-refractivity contribution in [3.8, 4) is 11.5 Å². The predicted molar refractivity (Wildman–Crippen MR) is 116 cm³/mol. The quantitative estimate of drug-likeness (QED) is 0.631. The van der Waals surface area contributed by atoms with E-state index in [-0.39, 0.29) is 17.8 Å². The average molecular weight is 423 g/mol. The number of benzene rings is 3. The Labute approximate surface area is 175 Å². The van der Waals surface area contributed by atoms with Gasteiger partial charge in [0.15, 0.2) is 9.84 Å². The highest BCUT2D eigenvalue weighted by molar-refractivity contribution is 7.91. The Morgan fingerprint density at radius 3 is 2.50 bits per heavy atom. The van der Waals surface area contributed by atoms with Crippen molar-refractivity contribution in [2.24, 2.45) is 0 Å². The Bertz CT molecular complexity index is 1170. The van der Waals surface area contributed by atoms with Crippen LogP contribution in [0, 0.1) is 6.92 Å². The fraction of sp³-hybridized carbons (Fsp3) is 0.174. The van der Waals surface area contributed by atoms with Gasteiger partial charge in [-0.3, -0.25) is 0 Å². The third-order valence-electron chi connectivity index (χ3n) is 4.95. The first kappa shape index (κ1) is 20.0. The minimum atomic E-state index is -3.29. The molecule has 1 unspecified atom stereocenters. The van der Waals surface area contributed by atoms with E-state index in [1.165, 1.54) is 0 Å². The zero-order chi connectivity index (χ0) is 21.1. The zero-order valence-corrected chi connectivity index (χ0v) is 17.3. The summed E-state index contributed by atoms with van der Waals surface area (Å²) in [5.74, 6) is 1.43. The van der Waals surface area contributed by atoms with Gasteiger partial charge in [-0.25, -0.2) is 13.2 Å². The fourth-order valence-corrected chi connectivity index (χ4v) is 5.11. The summed E-state index contributed by atoms with van der Waals surface area (Å²) in [6.07, 6.45) is 0.343. The molecule has 0 fully saturated rings. The second-order valence-electron chi connectivity index (χ2n) is 7.24. The molecule has 6 nitrogen and oxygen atoms in total. The van der Waals surface area contributed by atoms with Crippen LogP contribution in [0.3, 0.4) is 0 Å². The van der Waals surface area contributed by atoms with E-state index in [1.807, 2.05) is 31.2 Å². The van der Waals surface area contributed by atoms with Gasteiger partial charge in [0, 0.05) is 5.69 Å². The van der Waals surface area contributed by atoms with Gasteiger partial charge in [0.2, 0.25) is 0 Å². The zero-order valence-electron chi connectivity index (χ0n) is 16.5. The van der Waals surface area contributed by atoms with E-state index in [2.05, 4.69) is 10.6 Å². The van der Waals surface area contributed by atoms with Crippen molar-refractivity contribution >= 4 is 21.6 Å². The van der Waals surface area contributed by atoms with Crippen molar-refractivity contribution in [2.45, 2.75) is 24.3 Å². The Kier molecular flexibility index (Phi) is 5.46. The van der Waals surface area contributed by atoms with Gasteiger partial charge < -0.3 is 15.4 Å². The van der Waals surface area contributed by atoms with Crippen LogP contribution in [0.5, 0.6) is 11.5 Å². The maximum Gasteiger partial charge on any atom is 0.319 e. The molecule has 30 heavy (non-hydrogen) atoms. The fourth-order valence-electron chi connectivity index (χ4n) is 3.49. The van der Waals surface area contributed by atoms with Crippen LogP contribution < -0.4 is 15.4 Å². The summed E-state index contributed by atoms with van der Waals surface area (Å²) < 4.78 is 30.3. The lowest BCUT2D eigenvalue weighted by molar-refractivity contribution is 0.248. The van der Waals surface area contributed by atoms with Gasteiger partial charge >= 0.3 is 6.03 Å². The van der Waals surface area contributed by atoms with Crippen molar-refractivity contribution in [3.63, 3.8) is 0 Å². The smallest absolute Gasteiger partial charge is 0.319 e. The van der Waals surface area contributed by atoms with E-state index < -0.39 is 9.84 Å². The third kappa shape index (κ3) is 4.46. The molecule has 0 aromatic heterocycles. The molecule has 0 spiro atoms. The molecule has 3 aromatic carbocycles. The summed E-state index contributed by atoms with van der Waals surface area (Å²) in [4.78, 5) is 12.8. The molecule has 0 radical (unpaired) electrons. The van der Waals surface area contributed by atoms with Gasteiger partial charge in [0.1, 0.15) is 11.5 Å². The second-order valence-corrected chi connectivity index (χ2v) is 9.32. The minimum Gasteiger partial charge on any atom is -0.457 e. The molecule has 0 saturated carbocycles. The molecular formula is C23H22N2O4S. The number of carbonyl (C=O) groups excluding carboxylic acids is 1. The van der Waals surface area contributed by atoms with E-state index in [9.17, 15) is 13.2 Å². The van der Waals surface area contributed by atoms with E-state index in [1.54, 1.807) is 48.5 Å². The lowest BCUT2D eigenvalue weighted by Gasteiger charge is -2.26. The van der Waals surface area contributed by atoms with E-state index >= 15 is 0 Å². The average Bonchev–Trinajstić information content (AvgIpc) is 2.72. The minimum absolute atomic E-state index is 0.0138. The Hall–Kier alpha value is -3.32. The molecule has 2 amide bonds. The number of ether oxygens (including phenoxy) is 1. The van der Waals surface area contributed by atoms with Crippen molar-refractivity contribution in [1.29, 1.82) is 0 Å². The van der Waals surface area contributed by atoms with Crippen LogP contribution in [-0.4, -0.2) is 20.2 Å². The molecule has 2 N–H and O–H groups in total. The highest BCUT2D eigenvalue weighted by Crippen LogP contribution is 2.32. The number of urea groups is 1. The molecule has 1 atom stereocenters. The van der Waals surface area contributed by atoms with Crippen LogP contribution in [0.25, 0.3) is 0 Å². The number of aryl methyl sites for hydroxylation is 1. The topological polar surface area (TPSA) is 84.5 Å². The summed E-state index contributed by atoms with van der Waals surface area (Å²) in [6.45, 7) is 2.00. The molecule has 154 valence electrons. The molecule has 1 aliphatic rings. The molecular weight excluding hydrogens is 400 g/mol. The Balaban J connectivity index is 1.40. The number of sulfone groups is 1. The van der Waals surface area contributed by atoms with Gasteiger partial charge in [-0.15, -0.1) is 0 Å². The molecule has 0 bridgehead atoms. The van der Waals surface area contributed by atoms with Crippen LogP contribution in [0.1, 0.15) is 23.6 Å². The summed E-state index contributed by atoms with van der Waals surface area (Å²) in [5, 5.41) is 5.66. The van der Waals surface area contributed by atoms with Crippen molar-refractivity contribution in [1.82, 2.24) is 5.32 Å². The normalized spacial score (nSPS) is 16.9. The first-order valence-corrected chi connectivity index (χ1v) is 11.3. The number of hydrogen-bond donors (Lipinski definition) is 2. The molecule has 1 aliphatic heterocycles. The largest absolute Gasteiger partial charge is 0.457 e. The van der Waals surface area contributed by atoms with E-state index in [0.717, 1.165) is 11.3 Å². The number of rotatable bonds is 4. The number of amides is 2. The number of nitrogens with one attached hydrogen (secondary N) is 2. The number of carbonyl (C=O) groups is 1. The highest BCUT2D eigenvalue weighted by atomic mass is 32.2. The lowest BCUT2D eigenvalue weighted by Crippen LogP contribution is -2.36. The summed E-state index contributed by atoms with van der Waals surface area (Å²) >= 11 is 0. The third-order valence-corrected chi connectivity index (χ3v) is 6.76. The number of hydrogen-bond acceptors (Lipinski definition) is 4. The van der Waals surface area contributed by atoms with Crippen LogP contribution in [0.4, 0.5) is 10.5 Å². The molecule has 0 saturated heterocycles. The monoisotopic (exact) mass is 422 g/mol. The van der Waals surface area contributed by atoms with Crippen LogP contribution in [0.2, 0.25) is 0 Å². The van der Waals surface area contributed by atoms with Crippen LogP contribution in [0.15, 0.2) is 77.7 Å². The van der Waals surface area contributed by atoms with Crippen molar-refractivity contribution < 1.29 is 17.9 Å². The summed E-state index contributed by atoms with van der Waals surface area (Å²) in [7, 11) is -3.29. The van der Waals surface area contributed by atoms with Gasteiger partial charge in [-0.2, -0.15) is 0 Å². The van der Waals surface area contributed by atoms with Crippen LogP contribution in [-0.2, 0) is 9.84 Å². The maximum atomic E-state index is 12.5. The summed E-state index contributed by atoms with van der Waals surface area (Å²) in [6, 6.07) is 20.9. The molecule has 4 rings (SSSR count). The van der Waals surface area contributed by atoms with Gasteiger partial charge in [-0.1, -0.05) is 30.3 Å². The molecule has 0 aliphatic carbocycles. The lowest BCUT2D eigenvalue weighted by atomic mass is 10.0. The number of fused-ring (bicyclic) bond motifs is 1. The first-order valence-electron chi connectivity index (χ1n) is 9.64. The van der Waals surface area contributed by atoms with Crippen LogP contribution >= 0.6 is 0 Å². The van der Waals surface area contributed by atoms with Crippen molar-refractivity contribution in [3.05, 3.63) is 83.9 Å². The number of anilines is 1. The Morgan fingerprint density at radius 1 is 0.967 bits per heavy atom. The standard InChI is InChI=1S/C23H22N2O4S/c1-16-5-4-6-19(15-16)29-18-11-9-17(10-12-18)24-23(26)25-21-13-14-30(27,28)22-8-3-2-7-20(21)22/h2-12,15,21H,13-14H2,1H3,(H2,24,25,26). The highest BCUT2D eigenvalue weighted by Gasteiger charge is 2.30. The maximum absolute atomic E-state index is 12.5. The van der Waals surface area contributed by atoms with E-state index in [0.29, 0.717) is 28.3 Å². The SMILES string of the molecule is Cc1cccc(Oc2ccc(NC(=O)NC3CCS(=O)(=O)c4ccccc43)cc2)c1.